The Morgan fingerprint density at radius 2 is 0.543 bits per heavy atom. The molecule has 0 N–H and O–H groups in total. The van der Waals surface area contributed by atoms with E-state index in [0.29, 0.717) is 52.3 Å². The maximum atomic E-state index is 12.7. The third kappa shape index (κ3) is 40.2. The topological polar surface area (TPSA) is 254 Å². The molecule has 0 aromatic heterocycles. The van der Waals surface area contributed by atoms with Crippen molar-refractivity contribution in [3.63, 3.8) is 0 Å². The average Bonchev–Trinajstić information content (AvgIpc) is 3.31. The van der Waals surface area contributed by atoms with Crippen molar-refractivity contribution < 1.29 is 95.2 Å². The summed E-state index contributed by atoms with van der Waals surface area (Å²) in [5.74, 6) is -3.80. The van der Waals surface area contributed by atoms with Crippen LogP contribution in [0.1, 0.15) is 40.5 Å². The Balaban J connectivity index is 4.65. The summed E-state index contributed by atoms with van der Waals surface area (Å²) >= 11 is 11.7. The van der Waals surface area contributed by atoms with Gasteiger partial charge in [0.25, 0.3) is 0 Å². The smallest absolute Gasteiger partial charge is 0.320 e. The van der Waals surface area contributed by atoms with E-state index in [1.165, 1.54) is 4.90 Å². The van der Waals surface area contributed by atoms with Crippen LogP contribution < -0.4 is 0 Å². The number of alkyl halides is 6. The van der Waals surface area contributed by atoms with E-state index in [-0.39, 0.29) is 139 Å². The van der Waals surface area contributed by atoms with Crippen LogP contribution in [0.3, 0.4) is 0 Å². The van der Waals surface area contributed by atoms with Crippen molar-refractivity contribution in [2.45, 2.75) is 64.1 Å². The van der Waals surface area contributed by atoms with Gasteiger partial charge in [0, 0.05) is 26.2 Å². The van der Waals surface area contributed by atoms with E-state index < -0.39 is 37.7 Å². The minimum Gasteiger partial charge on any atom is -0.462 e. The van der Waals surface area contributed by atoms with Gasteiger partial charge in [-0.15, -0.1) is 0 Å². The summed E-state index contributed by atoms with van der Waals surface area (Å²) in [6.45, 7) is 9.58. The number of esters is 8. The normalized spacial score (nSPS) is 13.8. The first-order valence-electron chi connectivity index (χ1n) is 22.2. The van der Waals surface area contributed by atoms with Gasteiger partial charge in [0.15, 0.2) is 0 Å². The van der Waals surface area contributed by atoms with Gasteiger partial charge in [0.2, 0.25) is 0 Å². The maximum absolute atomic E-state index is 12.7. The highest BCUT2D eigenvalue weighted by Gasteiger charge is 2.23. The van der Waals surface area contributed by atoms with E-state index in [2.05, 4.69) is 4.90 Å². The summed E-state index contributed by atoms with van der Waals surface area (Å²) in [6, 6.07) is 0. The Labute approximate surface area is 491 Å². The molecule has 0 saturated heterocycles. The fourth-order valence-corrected chi connectivity index (χ4v) is 6.56. The van der Waals surface area contributed by atoms with Gasteiger partial charge in [-0.1, -0.05) is 136 Å². The number of carbonyl (C=O) groups excluding carboxylic acids is 8. The SMILES string of the molecule is CC(I)C(=O)OCCOCCN(CCOCCOC(=O)C(C)I)CCOCCOC(=O)C(I)CCC(I)C(=O)OCCOC(=O)CN(CCOCCOC(=O)C(C)I)CC(=O)OCCOC(=O)C(C)I. The molecule has 6 atom stereocenters. The molecule has 28 heteroatoms. The molecule has 0 aromatic carbocycles. The van der Waals surface area contributed by atoms with E-state index in [1.807, 2.05) is 136 Å². The lowest BCUT2D eigenvalue weighted by molar-refractivity contribution is -0.155. The molecule has 0 bridgehead atoms. The maximum Gasteiger partial charge on any atom is 0.320 e. The van der Waals surface area contributed by atoms with Crippen LogP contribution in [-0.4, -0.2) is 226 Å². The highest BCUT2D eigenvalue weighted by Crippen LogP contribution is 2.18. The number of rotatable bonds is 43. The molecule has 0 spiro atoms. The van der Waals surface area contributed by atoms with Gasteiger partial charge in [-0.25, -0.2) is 0 Å². The summed E-state index contributed by atoms with van der Waals surface area (Å²) in [5.41, 5.74) is 0. The number of nitrogens with zero attached hydrogens (tertiary/aromatic N) is 2. The highest BCUT2D eigenvalue weighted by atomic mass is 127. The van der Waals surface area contributed by atoms with Gasteiger partial charge in [-0.2, -0.15) is 0 Å². The fourth-order valence-electron chi connectivity index (χ4n) is 4.76. The standard InChI is InChI=1S/C42H66I6N2O20/c1-29(43)37(53)65-19-15-59-11-7-49(8-12-60-16-20-66-38(54)30(2)44)9-13-61-18-22-69-41(57)33(47)5-6-34(48)42(58)70-26-24-64-36(52)28-50(10-14-62-17-21-67-39(55)31(3)45)27-35(51)63-23-25-68-40(56)32(4)46/h29-34H,5-28H2,1-4H3. The third-order valence-electron chi connectivity index (χ3n) is 8.47. The number of carbonyl (C=O) groups is 8. The molecule has 22 nitrogen and oxygen atoms in total. The van der Waals surface area contributed by atoms with Crippen LogP contribution in [0.5, 0.6) is 0 Å². The van der Waals surface area contributed by atoms with Crippen LogP contribution in [-0.2, 0) is 95.2 Å². The largest absolute Gasteiger partial charge is 0.462 e. The summed E-state index contributed by atoms with van der Waals surface area (Å²) in [4.78, 5) is 100. The highest BCUT2D eigenvalue weighted by molar-refractivity contribution is 14.1. The first-order chi connectivity index (χ1) is 33.2. The van der Waals surface area contributed by atoms with Crippen LogP contribution >= 0.6 is 136 Å². The molecule has 0 aliphatic carbocycles. The summed E-state index contributed by atoms with van der Waals surface area (Å²) in [5, 5.41) is 0. The van der Waals surface area contributed by atoms with Crippen molar-refractivity contribution >= 4 is 183 Å². The van der Waals surface area contributed by atoms with E-state index in [1.54, 1.807) is 27.7 Å². The molecule has 0 radical (unpaired) electrons. The second-order valence-corrected chi connectivity index (χ2v) is 24.9. The molecule has 6 unspecified atom stereocenters. The van der Waals surface area contributed by atoms with E-state index in [0.717, 1.165) is 0 Å². The molecule has 70 heavy (non-hydrogen) atoms. The summed E-state index contributed by atoms with van der Waals surface area (Å²) < 4.78 is 61.5. The molecule has 0 fully saturated rings. The molecule has 0 amide bonds. The van der Waals surface area contributed by atoms with Crippen molar-refractivity contribution in [3.8, 4) is 0 Å². The minimum atomic E-state index is -0.703. The Hall–Kier alpha value is -0.100. The Bertz CT molecular complexity index is 1490. The van der Waals surface area contributed by atoms with E-state index in [9.17, 15) is 38.4 Å². The monoisotopic (exact) mass is 1680 g/mol. The second kappa shape index (κ2) is 45.1. The third-order valence-corrected chi connectivity index (χ3v) is 12.8. The molecular weight excluding hydrogens is 1610 g/mol. The van der Waals surface area contributed by atoms with Crippen molar-refractivity contribution in [1.29, 1.82) is 0 Å². The van der Waals surface area contributed by atoms with E-state index >= 15 is 0 Å². The molecule has 0 rings (SSSR count). The minimum absolute atomic E-state index is 0.0334. The Kier molecular flexibility index (Phi) is 45.1. The fraction of sp³-hybridized carbons (Fsp3) is 0.810. The van der Waals surface area contributed by atoms with Gasteiger partial charge in [0.05, 0.1) is 65.9 Å². The lowest BCUT2D eigenvalue weighted by Gasteiger charge is -2.22. The molecule has 0 aromatic rings. The van der Waals surface area contributed by atoms with Gasteiger partial charge < -0.3 is 56.8 Å². The van der Waals surface area contributed by atoms with E-state index in [4.69, 9.17) is 56.8 Å². The first-order valence-corrected chi connectivity index (χ1v) is 29.6. The summed E-state index contributed by atoms with van der Waals surface area (Å²) in [6.07, 6.45) is 0.657. The zero-order valence-electron chi connectivity index (χ0n) is 39.8. The number of hydrogen-bond donors (Lipinski definition) is 0. The Morgan fingerprint density at radius 3 is 0.814 bits per heavy atom. The molecule has 0 heterocycles. The van der Waals surface area contributed by atoms with Crippen LogP contribution in [0.4, 0.5) is 0 Å². The van der Waals surface area contributed by atoms with Gasteiger partial charge in [-0.3, -0.25) is 48.2 Å². The van der Waals surface area contributed by atoms with Gasteiger partial charge in [-0.05, 0) is 40.5 Å². The molecule has 0 aliphatic heterocycles. The first kappa shape index (κ1) is 69.9. The van der Waals surface area contributed by atoms with Crippen LogP contribution in [0.25, 0.3) is 0 Å². The van der Waals surface area contributed by atoms with Crippen LogP contribution in [0.15, 0.2) is 0 Å². The van der Waals surface area contributed by atoms with Crippen molar-refractivity contribution in [1.82, 2.24) is 9.80 Å². The lowest BCUT2D eigenvalue weighted by Crippen LogP contribution is -2.39. The summed E-state index contributed by atoms with van der Waals surface area (Å²) in [7, 11) is 0. The zero-order valence-corrected chi connectivity index (χ0v) is 52.7. The van der Waals surface area contributed by atoms with Crippen LogP contribution in [0, 0.1) is 0 Å². The van der Waals surface area contributed by atoms with Crippen LogP contribution in [0.2, 0.25) is 0 Å². The predicted octanol–water partition coefficient (Wildman–Crippen LogP) is 3.68. The van der Waals surface area contributed by atoms with Crippen molar-refractivity contribution in [3.05, 3.63) is 0 Å². The number of hydrogen-bond acceptors (Lipinski definition) is 22. The molecule has 406 valence electrons. The molecule has 0 saturated carbocycles. The van der Waals surface area contributed by atoms with Crippen molar-refractivity contribution in [2.75, 3.05) is 145 Å². The zero-order chi connectivity index (χ0) is 52.7. The van der Waals surface area contributed by atoms with Crippen molar-refractivity contribution in [2.24, 2.45) is 0 Å². The second-order valence-electron chi connectivity index (χ2n) is 14.4. The molecular formula is C42H66I6N2O20. The Morgan fingerprint density at radius 1 is 0.314 bits per heavy atom. The number of ether oxygens (including phenoxy) is 12. The van der Waals surface area contributed by atoms with Gasteiger partial charge >= 0.3 is 47.8 Å². The molecule has 0 aliphatic rings. The van der Waals surface area contributed by atoms with Gasteiger partial charge in [0.1, 0.15) is 76.4 Å². The average molecular weight is 1680 g/mol. The lowest BCUT2D eigenvalue weighted by atomic mass is 10.2. The quantitative estimate of drug-likeness (QED) is 0.0277. The predicted molar refractivity (Wildman–Crippen MR) is 303 cm³/mol. The number of halogens is 6.